The molecule has 0 spiro atoms. The fraction of sp³-hybridized carbons (Fsp3) is 0.286. The van der Waals surface area contributed by atoms with E-state index in [1.165, 1.54) is 12.1 Å². The first-order chi connectivity index (χ1) is 20.3. The Morgan fingerprint density at radius 2 is 1.21 bits per heavy atom. The van der Waals surface area contributed by atoms with Crippen molar-refractivity contribution in [2.75, 3.05) is 13.2 Å². The van der Waals surface area contributed by atoms with E-state index in [2.05, 4.69) is 0 Å². The molecule has 3 aromatic carbocycles. The number of carbonyl (C=O) groups excluding carboxylic acids is 2. The largest absolute Gasteiger partial charge is 0.504 e. The molecule has 1 fully saturated rings. The molecular formula is C28H28O15. The summed E-state index contributed by atoms with van der Waals surface area (Å²) in [7, 11) is 0. The molecule has 43 heavy (non-hydrogen) atoms. The quantitative estimate of drug-likeness (QED) is 0.0908. The van der Waals surface area contributed by atoms with Crippen molar-refractivity contribution in [2.45, 2.75) is 37.1 Å². The smallest absolute Gasteiger partial charge is 0.343 e. The lowest BCUT2D eigenvalue weighted by Gasteiger charge is -2.40. The first-order valence-electron chi connectivity index (χ1n) is 12.6. The standard InChI is InChI=1S/C28H28O15/c29-16-7-13(8-17(30)21(16)33)26(38)41-11-20-23(35)24(36)25(37)28(43-20)40-6-5-12-1-3-15(4-2-12)42-27(39)14-9-18(31)22(34)19(32)10-14/h1-4,7-10,20,23-25,28-37H,5-6,11H2/t20-,23+,24+,25-,28-/m0/s1. The molecule has 1 aliphatic heterocycles. The highest BCUT2D eigenvalue weighted by Gasteiger charge is 2.44. The van der Waals surface area contributed by atoms with Crippen LogP contribution in [0.25, 0.3) is 0 Å². The number of aliphatic hydroxyl groups is 3. The minimum absolute atomic E-state index is 0.0334. The van der Waals surface area contributed by atoms with Crippen LogP contribution in [0.1, 0.15) is 26.3 Å². The zero-order valence-electron chi connectivity index (χ0n) is 22.1. The zero-order valence-corrected chi connectivity index (χ0v) is 22.1. The summed E-state index contributed by atoms with van der Waals surface area (Å²) in [4.78, 5) is 24.6. The van der Waals surface area contributed by atoms with Crippen molar-refractivity contribution in [3.05, 3.63) is 65.2 Å². The van der Waals surface area contributed by atoms with Gasteiger partial charge in [0.1, 0.15) is 36.8 Å². The van der Waals surface area contributed by atoms with Crippen LogP contribution in [0.5, 0.6) is 40.2 Å². The van der Waals surface area contributed by atoms with Crippen LogP contribution >= 0.6 is 0 Å². The maximum atomic E-state index is 12.3. The molecule has 15 heteroatoms. The van der Waals surface area contributed by atoms with Crippen LogP contribution in [0.4, 0.5) is 0 Å². The van der Waals surface area contributed by atoms with Gasteiger partial charge in [0, 0.05) is 0 Å². The van der Waals surface area contributed by atoms with E-state index in [-0.39, 0.29) is 29.9 Å². The molecule has 0 radical (unpaired) electrons. The van der Waals surface area contributed by atoms with Crippen LogP contribution in [0.3, 0.4) is 0 Å². The van der Waals surface area contributed by atoms with Gasteiger partial charge in [-0.15, -0.1) is 0 Å². The Bertz CT molecular complexity index is 1430. The summed E-state index contributed by atoms with van der Waals surface area (Å²) in [5.41, 5.74) is 0.193. The summed E-state index contributed by atoms with van der Waals surface area (Å²) in [6, 6.07) is 9.72. The molecule has 0 saturated carbocycles. The third-order valence-electron chi connectivity index (χ3n) is 6.46. The molecule has 1 saturated heterocycles. The number of esters is 2. The molecular weight excluding hydrogens is 576 g/mol. The van der Waals surface area contributed by atoms with Gasteiger partial charge < -0.3 is 64.9 Å². The maximum Gasteiger partial charge on any atom is 0.343 e. The number of phenols is 6. The molecule has 5 atom stereocenters. The number of benzene rings is 3. The minimum atomic E-state index is -1.71. The molecule has 0 aromatic heterocycles. The number of ether oxygens (including phenoxy) is 4. The predicted molar refractivity (Wildman–Crippen MR) is 141 cm³/mol. The highest BCUT2D eigenvalue weighted by Crippen LogP contribution is 2.36. The average Bonchev–Trinajstić information content (AvgIpc) is 2.98. The van der Waals surface area contributed by atoms with Crippen molar-refractivity contribution in [3.63, 3.8) is 0 Å². The molecule has 0 aliphatic carbocycles. The Kier molecular flexibility index (Phi) is 9.43. The molecule has 9 N–H and O–H groups in total. The van der Waals surface area contributed by atoms with Gasteiger partial charge >= 0.3 is 11.9 Å². The van der Waals surface area contributed by atoms with Crippen LogP contribution in [-0.4, -0.2) is 102 Å². The number of carbonyl (C=O) groups is 2. The minimum Gasteiger partial charge on any atom is -0.504 e. The normalized spacial score (nSPS) is 21.7. The van der Waals surface area contributed by atoms with Crippen molar-refractivity contribution in [1.29, 1.82) is 0 Å². The summed E-state index contributed by atoms with van der Waals surface area (Å²) in [6.07, 6.45) is -7.48. The van der Waals surface area contributed by atoms with Crippen molar-refractivity contribution in [2.24, 2.45) is 0 Å². The number of hydrogen-bond acceptors (Lipinski definition) is 15. The lowest BCUT2D eigenvalue weighted by atomic mass is 9.99. The van der Waals surface area contributed by atoms with Gasteiger partial charge in [0.05, 0.1) is 17.7 Å². The highest BCUT2D eigenvalue weighted by molar-refractivity contribution is 5.92. The molecule has 15 nitrogen and oxygen atoms in total. The van der Waals surface area contributed by atoms with Crippen molar-refractivity contribution in [3.8, 4) is 40.2 Å². The van der Waals surface area contributed by atoms with Crippen LogP contribution in [0.2, 0.25) is 0 Å². The van der Waals surface area contributed by atoms with E-state index in [1.807, 2.05) is 0 Å². The number of aromatic hydroxyl groups is 6. The van der Waals surface area contributed by atoms with E-state index >= 15 is 0 Å². The van der Waals surface area contributed by atoms with E-state index < -0.39 is 83.7 Å². The Balaban J connectivity index is 1.28. The van der Waals surface area contributed by atoms with Gasteiger partial charge in [-0.3, -0.25) is 0 Å². The first-order valence-corrected chi connectivity index (χ1v) is 12.6. The summed E-state index contributed by atoms with van der Waals surface area (Å²) < 4.78 is 21.2. The van der Waals surface area contributed by atoms with Gasteiger partial charge in [-0.25, -0.2) is 9.59 Å². The topological polar surface area (TPSA) is 253 Å². The monoisotopic (exact) mass is 604 g/mol. The van der Waals surface area contributed by atoms with Gasteiger partial charge in [0.2, 0.25) is 0 Å². The second-order valence-electron chi connectivity index (χ2n) is 9.49. The van der Waals surface area contributed by atoms with Crippen molar-refractivity contribution < 1.29 is 74.5 Å². The predicted octanol–water partition coefficient (Wildman–Crippen LogP) is 0.363. The lowest BCUT2D eigenvalue weighted by molar-refractivity contribution is -0.300. The zero-order chi connectivity index (χ0) is 31.4. The average molecular weight is 605 g/mol. The van der Waals surface area contributed by atoms with E-state index in [1.54, 1.807) is 12.1 Å². The third-order valence-corrected chi connectivity index (χ3v) is 6.46. The summed E-state index contributed by atoms with van der Waals surface area (Å²) >= 11 is 0. The second-order valence-corrected chi connectivity index (χ2v) is 9.49. The molecule has 0 bridgehead atoms. The fourth-order valence-corrected chi connectivity index (χ4v) is 4.06. The SMILES string of the molecule is O=C(OC[C@@H]1O[C@H](OCCc2ccc(OC(=O)c3cc(O)c(O)c(O)c3)cc2)[C@@H](O)[C@H](O)[C@@H]1O)c1cc(O)c(O)c(O)c1. The van der Waals surface area contributed by atoms with Gasteiger partial charge in [-0.05, 0) is 48.4 Å². The Hall–Kier alpha value is -4.80. The summed E-state index contributed by atoms with van der Waals surface area (Å²) in [5, 5.41) is 87.9. The second kappa shape index (κ2) is 13.0. The van der Waals surface area contributed by atoms with Crippen LogP contribution < -0.4 is 4.74 Å². The van der Waals surface area contributed by atoms with Gasteiger partial charge in [-0.1, -0.05) is 12.1 Å². The molecule has 3 aromatic rings. The third kappa shape index (κ3) is 7.17. The highest BCUT2D eigenvalue weighted by atomic mass is 16.7. The van der Waals surface area contributed by atoms with Crippen LogP contribution in [0, 0.1) is 0 Å². The van der Waals surface area contributed by atoms with E-state index in [0.717, 1.165) is 24.3 Å². The van der Waals surface area contributed by atoms with Crippen LogP contribution in [-0.2, 0) is 20.6 Å². The Labute approximate surface area is 242 Å². The number of aliphatic hydroxyl groups excluding tert-OH is 3. The fourth-order valence-electron chi connectivity index (χ4n) is 4.06. The van der Waals surface area contributed by atoms with E-state index in [0.29, 0.717) is 5.56 Å². The molecule has 0 unspecified atom stereocenters. The van der Waals surface area contributed by atoms with Crippen LogP contribution in [0.15, 0.2) is 48.5 Å². The first kappa shape index (κ1) is 31.1. The maximum absolute atomic E-state index is 12.3. The number of rotatable bonds is 9. The molecule has 4 rings (SSSR count). The molecule has 230 valence electrons. The van der Waals surface area contributed by atoms with Gasteiger partial charge in [-0.2, -0.15) is 0 Å². The Morgan fingerprint density at radius 3 is 1.74 bits per heavy atom. The summed E-state index contributed by atoms with van der Waals surface area (Å²) in [6.45, 7) is -0.635. The van der Waals surface area contributed by atoms with E-state index in [9.17, 15) is 55.5 Å². The Morgan fingerprint density at radius 1 is 0.698 bits per heavy atom. The number of hydrogen-bond donors (Lipinski definition) is 9. The lowest BCUT2D eigenvalue weighted by Crippen LogP contribution is -2.59. The van der Waals surface area contributed by atoms with Crippen molar-refractivity contribution >= 4 is 11.9 Å². The molecule has 0 amide bonds. The van der Waals surface area contributed by atoms with E-state index in [4.69, 9.17) is 18.9 Å². The number of phenolic OH excluding ortho intramolecular Hbond substituents is 6. The molecule has 1 heterocycles. The summed E-state index contributed by atoms with van der Waals surface area (Å²) in [5.74, 6) is -6.32. The molecule has 1 aliphatic rings. The van der Waals surface area contributed by atoms with Gasteiger partial charge in [0.25, 0.3) is 0 Å². The van der Waals surface area contributed by atoms with Gasteiger partial charge in [0.15, 0.2) is 40.8 Å². The van der Waals surface area contributed by atoms with Crippen molar-refractivity contribution in [1.82, 2.24) is 0 Å².